The summed E-state index contributed by atoms with van der Waals surface area (Å²) < 4.78 is 5.41. The van der Waals surface area contributed by atoms with E-state index in [0.29, 0.717) is 40.2 Å². The van der Waals surface area contributed by atoms with Gasteiger partial charge in [0.05, 0.1) is 35.3 Å². The molecule has 1 aliphatic heterocycles. The molecule has 2 aliphatic rings. The van der Waals surface area contributed by atoms with E-state index in [0.717, 1.165) is 37.4 Å². The Balaban J connectivity index is 1.68. The molecule has 0 saturated carbocycles. The summed E-state index contributed by atoms with van der Waals surface area (Å²) in [5, 5.41) is 3.30. The van der Waals surface area contributed by atoms with Gasteiger partial charge in [-0.05, 0) is 31.0 Å². The van der Waals surface area contributed by atoms with Crippen LogP contribution in [0.15, 0.2) is 53.1 Å². The second-order valence-electron chi connectivity index (χ2n) is 7.44. The zero-order valence-electron chi connectivity index (χ0n) is 15.9. The summed E-state index contributed by atoms with van der Waals surface area (Å²) in [6, 6.07) is 12.5. The second-order valence-corrected chi connectivity index (χ2v) is 7.44. The minimum absolute atomic E-state index is 0.184. The highest BCUT2D eigenvalue weighted by molar-refractivity contribution is 6.32. The molecule has 6 nitrogen and oxygen atoms in total. The maximum absolute atomic E-state index is 13.3. The van der Waals surface area contributed by atoms with Gasteiger partial charge in [-0.3, -0.25) is 9.59 Å². The number of hydrogen-bond acceptors (Lipinski definition) is 6. The Morgan fingerprint density at radius 2 is 1.66 bits per heavy atom. The summed E-state index contributed by atoms with van der Waals surface area (Å²) in [5.74, 6) is 0.361. The lowest BCUT2D eigenvalue weighted by Crippen LogP contribution is -2.27. The van der Waals surface area contributed by atoms with E-state index in [-0.39, 0.29) is 11.6 Å². The van der Waals surface area contributed by atoms with Gasteiger partial charge in [0.15, 0.2) is 11.6 Å². The molecule has 1 aromatic heterocycles. The molecular weight excluding hydrogens is 366 g/mol. The van der Waals surface area contributed by atoms with Crippen molar-refractivity contribution in [2.45, 2.75) is 19.4 Å². The molecule has 0 radical (unpaired) electrons. The van der Waals surface area contributed by atoms with Crippen molar-refractivity contribution in [1.29, 1.82) is 0 Å². The van der Waals surface area contributed by atoms with Gasteiger partial charge in [-0.2, -0.15) is 0 Å². The first kappa shape index (κ1) is 17.6. The number of anilines is 3. The van der Waals surface area contributed by atoms with Gasteiger partial charge in [0.1, 0.15) is 5.76 Å². The van der Waals surface area contributed by atoms with Crippen LogP contribution in [0.5, 0.6) is 0 Å². The fourth-order valence-corrected chi connectivity index (χ4v) is 4.26. The second kappa shape index (κ2) is 6.81. The predicted octanol–water partition coefficient (Wildman–Crippen LogP) is 3.85. The van der Waals surface area contributed by atoms with Gasteiger partial charge in [0.25, 0.3) is 0 Å². The highest BCUT2D eigenvalue weighted by Crippen LogP contribution is 2.41. The third-order valence-electron chi connectivity index (χ3n) is 5.70. The number of nitrogens with zero attached hydrogens (tertiary/aromatic N) is 1. The molecule has 0 bridgehead atoms. The molecule has 3 aromatic rings. The van der Waals surface area contributed by atoms with E-state index < -0.39 is 0 Å². The van der Waals surface area contributed by atoms with Gasteiger partial charge >= 0.3 is 0 Å². The monoisotopic (exact) mass is 387 g/mol. The molecule has 146 valence electrons. The minimum atomic E-state index is -0.199. The number of benzene rings is 2. The minimum Gasteiger partial charge on any atom is -0.467 e. The largest absolute Gasteiger partial charge is 0.467 e. The molecule has 1 fully saturated rings. The average Bonchev–Trinajstić information content (AvgIpc) is 3.45. The summed E-state index contributed by atoms with van der Waals surface area (Å²) in [6.45, 7) is 2.19. The first-order valence-electron chi connectivity index (χ1n) is 9.81. The lowest BCUT2D eigenvalue weighted by Gasteiger charge is -2.27. The Labute approximate surface area is 168 Å². The number of furan rings is 1. The fourth-order valence-electron chi connectivity index (χ4n) is 4.26. The number of nitrogens with two attached hydrogens (primary N) is 1. The van der Waals surface area contributed by atoms with Gasteiger partial charge in [0, 0.05) is 29.9 Å². The standard InChI is InChI=1S/C23H21N3O3/c24-21-18(26-9-3-4-10-26)12-17(25-13-14-6-5-11-29-14)19-20(21)23(28)16-8-2-1-7-15(16)22(19)27/h1-2,5-8,11-12,25H,3-4,9-10,13,24H2. The Bertz CT molecular complexity index is 1110. The predicted molar refractivity (Wildman–Crippen MR) is 112 cm³/mol. The van der Waals surface area contributed by atoms with E-state index in [1.54, 1.807) is 30.5 Å². The molecule has 1 aliphatic carbocycles. The first-order chi connectivity index (χ1) is 14.1. The van der Waals surface area contributed by atoms with Crippen molar-refractivity contribution < 1.29 is 14.0 Å². The molecule has 2 aromatic carbocycles. The van der Waals surface area contributed by atoms with E-state index in [9.17, 15) is 9.59 Å². The van der Waals surface area contributed by atoms with Crippen LogP contribution in [0, 0.1) is 0 Å². The van der Waals surface area contributed by atoms with Crippen LogP contribution in [0.3, 0.4) is 0 Å². The zero-order valence-corrected chi connectivity index (χ0v) is 15.9. The van der Waals surface area contributed by atoms with Crippen molar-refractivity contribution in [3.8, 4) is 0 Å². The quantitative estimate of drug-likeness (QED) is 0.517. The molecule has 2 heterocycles. The molecular formula is C23H21N3O3. The van der Waals surface area contributed by atoms with Gasteiger partial charge < -0.3 is 20.4 Å². The van der Waals surface area contributed by atoms with Crippen molar-refractivity contribution in [3.63, 3.8) is 0 Å². The van der Waals surface area contributed by atoms with Gasteiger partial charge in [-0.1, -0.05) is 24.3 Å². The van der Waals surface area contributed by atoms with E-state index >= 15 is 0 Å². The average molecular weight is 387 g/mol. The van der Waals surface area contributed by atoms with Crippen LogP contribution in [0.4, 0.5) is 17.1 Å². The summed E-state index contributed by atoms with van der Waals surface area (Å²) in [7, 11) is 0. The third-order valence-corrected chi connectivity index (χ3v) is 5.70. The molecule has 5 rings (SSSR count). The van der Waals surface area contributed by atoms with Crippen LogP contribution < -0.4 is 16.0 Å². The molecule has 6 heteroatoms. The topological polar surface area (TPSA) is 88.6 Å². The van der Waals surface area contributed by atoms with Crippen molar-refractivity contribution >= 4 is 28.6 Å². The lowest BCUT2D eigenvalue weighted by atomic mass is 9.81. The summed E-state index contributed by atoms with van der Waals surface area (Å²) in [6.07, 6.45) is 3.78. The Hall–Kier alpha value is -3.54. The van der Waals surface area contributed by atoms with Crippen molar-refractivity contribution in [2.75, 3.05) is 29.0 Å². The Morgan fingerprint density at radius 1 is 0.966 bits per heavy atom. The summed E-state index contributed by atoms with van der Waals surface area (Å²) >= 11 is 0. The van der Waals surface area contributed by atoms with Crippen LogP contribution in [-0.4, -0.2) is 24.7 Å². The molecule has 0 unspecified atom stereocenters. The van der Waals surface area contributed by atoms with E-state index in [1.165, 1.54) is 0 Å². The van der Waals surface area contributed by atoms with Crippen LogP contribution in [0.2, 0.25) is 0 Å². The van der Waals surface area contributed by atoms with Crippen molar-refractivity contribution in [2.24, 2.45) is 0 Å². The van der Waals surface area contributed by atoms with Crippen molar-refractivity contribution in [3.05, 3.63) is 76.7 Å². The number of ketones is 2. The molecule has 0 spiro atoms. The number of carbonyl (C=O) groups excluding carboxylic acids is 2. The smallest absolute Gasteiger partial charge is 0.196 e. The van der Waals surface area contributed by atoms with E-state index in [2.05, 4.69) is 10.2 Å². The number of carbonyl (C=O) groups is 2. The molecule has 0 atom stereocenters. The molecule has 0 amide bonds. The first-order valence-corrected chi connectivity index (χ1v) is 9.81. The zero-order chi connectivity index (χ0) is 20.0. The maximum Gasteiger partial charge on any atom is 0.196 e. The SMILES string of the molecule is Nc1c(N2CCCC2)cc(NCc2ccco2)c2c1C(=O)c1ccccc1C2=O. The van der Waals surface area contributed by atoms with Crippen LogP contribution in [0.1, 0.15) is 50.4 Å². The third kappa shape index (κ3) is 2.79. The number of rotatable bonds is 4. The summed E-state index contributed by atoms with van der Waals surface area (Å²) in [4.78, 5) is 28.9. The van der Waals surface area contributed by atoms with Gasteiger partial charge in [0.2, 0.25) is 0 Å². The maximum atomic E-state index is 13.3. The highest BCUT2D eigenvalue weighted by Gasteiger charge is 2.35. The van der Waals surface area contributed by atoms with Gasteiger partial charge in [-0.25, -0.2) is 0 Å². The number of fused-ring (bicyclic) bond motifs is 2. The molecule has 29 heavy (non-hydrogen) atoms. The number of nitrogens with one attached hydrogen (secondary N) is 1. The normalized spacial score (nSPS) is 15.4. The van der Waals surface area contributed by atoms with Gasteiger partial charge in [-0.15, -0.1) is 0 Å². The van der Waals surface area contributed by atoms with Crippen LogP contribution >= 0.6 is 0 Å². The molecule has 1 saturated heterocycles. The van der Waals surface area contributed by atoms with Crippen LogP contribution in [-0.2, 0) is 6.54 Å². The number of hydrogen-bond donors (Lipinski definition) is 2. The Kier molecular flexibility index (Phi) is 4.12. The van der Waals surface area contributed by atoms with E-state index in [4.69, 9.17) is 10.2 Å². The van der Waals surface area contributed by atoms with Crippen molar-refractivity contribution in [1.82, 2.24) is 0 Å². The number of nitrogen functional groups attached to an aromatic ring is 1. The summed E-state index contributed by atoms with van der Waals surface area (Å²) in [5.41, 5.74) is 9.78. The van der Waals surface area contributed by atoms with Crippen LogP contribution in [0.25, 0.3) is 0 Å². The lowest BCUT2D eigenvalue weighted by molar-refractivity contribution is 0.0980. The Morgan fingerprint density at radius 3 is 2.31 bits per heavy atom. The highest BCUT2D eigenvalue weighted by atomic mass is 16.3. The molecule has 3 N–H and O–H groups in total. The fraction of sp³-hybridized carbons (Fsp3) is 0.217. The van der Waals surface area contributed by atoms with E-state index in [1.807, 2.05) is 18.2 Å².